The van der Waals surface area contributed by atoms with E-state index in [4.69, 9.17) is 11.5 Å². The molecule has 2 amide bonds. The summed E-state index contributed by atoms with van der Waals surface area (Å²) in [4.78, 5) is 22.4. The van der Waals surface area contributed by atoms with Crippen molar-refractivity contribution in [2.24, 2.45) is 5.73 Å². The second kappa shape index (κ2) is 6.77. The summed E-state index contributed by atoms with van der Waals surface area (Å²) in [5.74, 6) is -0.450. The lowest BCUT2D eigenvalue weighted by atomic mass is 10.1. The predicted octanol–water partition coefficient (Wildman–Crippen LogP) is 0.501. The third-order valence-corrected chi connectivity index (χ3v) is 2.76. The highest BCUT2D eigenvalue weighted by Gasteiger charge is 2.18. The molecule has 1 heterocycles. The maximum absolute atomic E-state index is 11.8. The Morgan fingerprint density at radius 3 is 2.58 bits per heavy atom. The molecule has 0 atom stereocenters. The van der Waals surface area contributed by atoms with Crippen LogP contribution in [0.3, 0.4) is 0 Å². The molecule has 1 aromatic rings. The number of rotatable bonds is 7. The minimum atomic E-state index is -0.329. The van der Waals surface area contributed by atoms with Crippen LogP contribution in [-0.2, 0) is 4.79 Å². The summed E-state index contributed by atoms with van der Waals surface area (Å²) in [6.07, 6.45) is 1.68. The molecule has 1 rings (SSSR count). The Morgan fingerprint density at radius 2 is 2.05 bits per heavy atom. The third kappa shape index (κ3) is 4.27. The van der Waals surface area contributed by atoms with Gasteiger partial charge >= 0.3 is 0 Å². The lowest BCUT2D eigenvalue weighted by Gasteiger charge is -2.04. The van der Waals surface area contributed by atoms with Crippen molar-refractivity contribution in [3.05, 3.63) is 11.4 Å². The molecule has 0 spiro atoms. The summed E-state index contributed by atoms with van der Waals surface area (Å²) in [5, 5.41) is 9.41. The van der Waals surface area contributed by atoms with Crippen molar-refractivity contribution in [1.29, 1.82) is 0 Å². The van der Waals surface area contributed by atoms with Gasteiger partial charge in [-0.2, -0.15) is 5.10 Å². The largest absolute Gasteiger partial charge is 0.395 e. The van der Waals surface area contributed by atoms with Gasteiger partial charge in [0, 0.05) is 13.0 Å². The van der Waals surface area contributed by atoms with Gasteiger partial charge in [0.05, 0.1) is 11.4 Å². The minimum absolute atomic E-state index is 0.185. The molecule has 6 N–H and O–H groups in total. The number of hydrogen-bond donors (Lipinski definition) is 4. The fraction of sp³-hybridized carbons (Fsp3) is 0.583. The van der Waals surface area contributed by atoms with E-state index < -0.39 is 0 Å². The molecule has 106 valence electrons. The van der Waals surface area contributed by atoms with E-state index in [0.717, 1.165) is 5.69 Å². The molecule has 7 nitrogen and oxygen atoms in total. The molecule has 0 aliphatic carbocycles. The van der Waals surface area contributed by atoms with Gasteiger partial charge in [0.1, 0.15) is 0 Å². The zero-order chi connectivity index (χ0) is 14.4. The van der Waals surface area contributed by atoms with E-state index in [1.807, 2.05) is 13.8 Å². The highest BCUT2D eigenvalue weighted by molar-refractivity contribution is 5.97. The summed E-state index contributed by atoms with van der Waals surface area (Å²) in [5.41, 5.74) is 12.3. The highest BCUT2D eigenvalue weighted by Crippen LogP contribution is 2.21. The number of nitrogens with two attached hydrogens (primary N) is 2. The molecular formula is C12H21N5O2. The van der Waals surface area contributed by atoms with Crippen LogP contribution < -0.4 is 16.8 Å². The van der Waals surface area contributed by atoms with Crippen molar-refractivity contribution in [1.82, 2.24) is 15.5 Å². The number of carbonyl (C=O) groups is 2. The number of primary amides is 1. The SMILES string of the molecule is CC(C)c1[nH]nc(C(=O)NCCCCC(N)=O)c1N. The van der Waals surface area contributed by atoms with Crippen LogP contribution in [0.5, 0.6) is 0 Å². The van der Waals surface area contributed by atoms with Crippen molar-refractivity contribution >= 4 is 17.5 Å². The second-order valence-corrected chi connectivity index (χ2v) is 4.73. The normalized spacial score (nSPS) is 10.7. The van der Waals surface area contributed by atoms with Gasteiger partial charge in [-0.25, -0.2) is 0 Å². The van der Waals surface area contributed by atoms with Gasteiger partial charge in [-0.3, -0.25) is 14.7 Å². The van der Waals surface area contributed by atoms with Crippen LogP contribution in [0.1, 0.15) is 55.2 Å². The second-order valence-electron chi connectivity index (χ2n) is 4.73. The van der Waals surface area contributed by atoms with Gasteiger partial charge in [0.15, 0.2) is 5.69 Å². The van der Waals surface area contributed by atoms with Crippen LogP contribution in [0, 0.1) is 0 Å². The van der Waals surface area contributed by atoms with Crippen LogP contribution in [0.25, 0.3) is 0 Å². The maximum atomic E-state index is 11.8. The Labute approximate surface area is 112 Å². The average Bonchev–Trinajstić information content (AvgIpc) is 2.70. The summed E-state index contributed by atoms with van der Waals surface area (Å²) in [6.45, 7) is 4.40. The molecule has 0 aliphatic heterocycles. The van der Waals surface area contributed by atoms with Crippen molar-refractivity contribution < 1.29 is 9.59 Å². The average molecular weight is 267 g/mol. The molecule has 0 aliphatic rings. The molecule has 0 radical (unpaired) electrons. The summed E-state index contributed by atoms with van der Waals surface area (Å²) < 4.78 is 0. The van der Waals surface area contributed by atoms with E-state index in [1.54, 1.807) is 0 Å². The standard InChI is InChI=1S/C12H21N5O2/c1-7(2)10-9(14)11(17-16-10)12(19)15-6-4-3-5-8(13)18/h7H,3-6,14H2,1-2H3,(H2,13,18)(H,15,19)(H,16,17). The number of H-pyrrole nitrogens is 1. The fourth-order valence-electron chi connectivity index (χ4n) is 1.69. The van der Waals surface area contributed by atoms with Crippen LogP contribution >= 0.6 is 0 Å². The third-order valence-electron chi connectivity index (χ3n) is 2.76. The predicted molar refractivity (Wildman–Crippen MR) is 72.5 cm³/mol. The Bertz CT molecular complexity index is 453. The van der Waals surface area contributed by atoms with E-state index >= 15 is 0 Å². The number of carbonyl (C=O) groups excluding carboxylic acids is 2. The maximum Gasteiger partial charge on any atom is 0.273 e. The number of aromatic amines is 1. The van der Waals surface area contributed by atoms with Crippen molar-refractivity contribution in [2.45, 2.75) is 39.0 Å². The zero-order valence-electron chi connectivity index (χ0n) is 11.3. The molecular weight excluding hydrogens is 246 g/mol. The summed E-state index contributed by atoms with van der Waals surface area (Å²) >= 11 is 0. The number of anilines is 1. The van der Waals surface area contributed by atoms with Gasteiger partial charge in [-0.05, 0) is 18.8 Å². The van der Waals surface area contributed by atoms with E-state index in [1.165, 1.54) is 0 Å². The van der Waals surface area contributed by atoms with Gasteiger partial charge in [0.25, 0.3) is 5.91 Å². The van der Waals surface area contributed by atoms with Gasteiger partial charge in [0.2, 0.25) is 5.91 Å². The van der Waals surface area contributed by atoms with Gasteiger partial charge in [-0.1, -0.05) is 13.8 Å². The van der Waals surface area contributed by atoms with Crippen LogP contribution in [0.15, 0.2) is 0 Å². The van der Waals surface area contributed by atoms with E-state index in [-0.39, 0.29) is 23.4 Å². The number of aromatic nitrogens is 2. The molecule has 0 fully saturated rings. The lowest BCUT2D eigenvalue weighted by Crippen LogP contribution is -2.26. The summed E-state index contributed by atoms with van der Waals surface area (Å²) in [7, 11) is 0. The first-order chi connectivity index (χ1) is 8.93. The van der Waals surface area contributed by atoms with Crippen molar-refractivity contribution in [3.8, 4) is 0 Å². The number of amides is 2. The molecule has 0 saturated carbocycles. The number of nitrogen functional groups attached to an aromatic ring is 1. The summed E-state index contributed by atoms with van der Waals surface area (Å²) in [6, 6.07) is 0. The smallest absolute Gasteiger partial charge is 0.273 e. The zero-order valence-corrected chi connectivity index (χ0v) is 11.3. The van der Waals surface area contributed by atoms with Crippen molar-refractivity contribution in [3.63, 3.8) is 0 Å². The van der Waals surface area contributed by atoms with Crippen LogP contribution in [0.4, 0.5) is 5.69 Å². The molecule has 19 heavy (non-hydrogen) atoms. The lowest BCUT2D eigenvalue weighted by molar-refractivity contribution is -0.118. The van der Waals surface area contributed by atoms with E-state index in [2.05, 4.69) is 15.5 Å². The Morgan fingerprint density at radius 1 is 1.37 bits per heavy atom. The molecule has 0 unspecified atom stereocenters. The highest BCUT2D eigenvalue weighted by atomic mass is 16.2. The molecule has 0 saturated heterocycles. The van der Waals surface area contributed by atoms with Gasteiger partial charge < -0.3 is 16.8 Å². The Balaban J connectivity index is 2.44. The quantitative estimate of drug-likeness (QED) is 0.536. The van der Waals surface area contributed by atoms with Gasteiger partial charge in [-0.15, -0.1) is 0 Å². The number of nitrogens with zero attached hydrogens (tertiary/aromatic N) is 1. The Hall–Kier alpha value is -2.05. The van der Waals surface area contributed by atoms with E-state index in [0.29, 0.717) is 31.5 Å². The van der Waals surface area contributed by atoms with Crippen LogP contribution in [-0.4, -0.2) is 28.6 Å². The number of unbranched alkanes of at least 4 members (excludes halogenated alkanes) is 1. The topological polar surface area (TPSA) is 127 Å². The van der Waals surface area contributed by atoms with Crippen molar-refractivity contribution in [2.75, 3.05) is 12.3 Å². The minimum Gasteiger partial charge on any atom is -0.395 e. The molecule has 7 heteroatoms. The fourth-order valence-corrected chi connectivity index (χ4v) is 1.69. The number of nitrogens with one attached hydrogen (secondary N) is 2. The first kappa shape index (κ1) is 15.0. The van der Waals surface area contributed by atoms with Crippen LogP contribution in [0.2, 0.25) is 0 Å². The number of hydrogen-bond acceptors (Lipinski definition) is 4. The van der Waals surface area contributed by atoms with E-state index in [9.17, 15) is 9.59 Å². The Kier molecular flexibility index (Phi) is 5.35. The molecule has 0 bridgehead atoms. The monoisotopic (exact) mass is 267 g/mol. The first-order valence-corrected chi connectivity index (χ1v) is 6.33. The molecule has 0 aromatic carbocycles. The molecule has 1 aromatic heterocycles. The first-order valence-electron chi connectivity index (χ1n) is 6.33.